The quantitative estimate of drug-likeness (QED) is 0.926. The lowest BCUT2D eigenvalue weighted by molar-refractivity contribution is -0.115. The van der Waals surface area contributed by atoms with Crippen LogP contribution < -0.4 is 5.32 Å². The number of benzene rings is 1. The fraction of sp³-hybridized carbons (Fsp3) is 0.0769. The zero-order valence-corrected chi connectivity index (χ0v) is 10.1. The predicted molar refractivity (Wildman–Crippen MR) is 68.0 cm³/mol. The molecule has 18 heavy (non-hydrogen) atoms. The molecule has 1 amide bonds. The Kier molecular flexibility index (Phi) is 3.89. The van der Waals surface area contributed by atoms with E-state index in [1.165, 1.54) is 18.3 Å². The minimum atomic E-state index is -0.483. The van der Waals surface area contributed by atoms with Crippen molar-refractivity contribution in [2.45, 2.75) is 6.42 Å². The molecule has 0 aliphatic rings. The number of anilines is 1. The highest BCUT2D eigenvalue weighted by Crippen LogP contribution is 2.15. The van der Waals surface area contributed by atoms with Gasteiger partial charge in [0, 0.05) is 11.2 Å². The van der Waals surface area contributed by atoms with Gasteiger partial charge in [-0.15, -0.1) is 0 Å². The van der Waals surface area contributed by atoms with Gasteiger partial charge in [0.25, 0.3) is 0 Å². The molecule has 1 aromatic carbocycles. The Morgan fingerprint density at radius 2 is 2.22 bits per heavy atom. The number of hydrogen-bond acceptors (Lipinski definition) is 2. The van der Waals surface area contributed by atoms with Gasteiger partial charge in [-0.2, -0.15) is 0 Å². The SMILES string of the molecule is O=C(Cc1ccc(Cl)cc1F)Nc1cccnc1. The van der Waals surface area contributed by atoms with Crippen LogP contribution in [0.1, 0.15) is 5.56 Å². The van der Waals surface area contributed by atoms with Gasteiger partial charge in [0.05, 0.1) is 18.3 Å². The molecule has 0 atom stereocenters. The van der Waals surface area contributed by atoms with Gasteiger partial charge in [-0.1, -0.05) is 17.7 Å². The van der Waals surface area contributed by atoms with Crippen molar-refractivity contribution in [1.82, 2.24) is 4.98 Å². The third-order valence-electron chi connectivity index (χ3n) is 2.31. The largest absolute Gasteiger partial charge is 0.324 e. The molecule has 0 saturated carbocycles. The minimum Gasteiger partial charge on any atom is -0.324 e. The van der Waals surface area contributed by atoms with E-state index >= 15 is 0 Å². The molecule has 5 heteroatoms. The lowest BCUT2D eigenvalue weighted by Gasteiger charge is -2.05. The van der Waals surface area contributed by atoms with Gasteiger partial charge in [-0.3, -0.25) is 9.78 Å². The van der Waals surface area contributed by atoms with Crippen molar-refractivity contribution in [3.05, 3.63) is 59.1 Å². The molecule has 0 saturated heterocycles. The Bertz CT molecular complexity index is 560. The average Bonchev–Trinajstić information content (AvgIpc) is 2.34. The molecule has 1 heterocycles. The van der Waals surface area contributed by atoms with E-state index in [0.717, 1.165) is 0 Å². The maximum atomic E-state index is 13.5. The Morgan fingerprint density at radius 3 is 2.89 bits per heavy atom. The van der Waals surface area contributed by atoms with Crippen LogP contribution in [0.4, 0.5) is 10.1 Å². The molecule has 3 nitrogen and oxygen atoms in total. The van der Waals surface area contributed by atoms with Crippen molar-refractivity contribution in [2.75, 3.05) is 5.32 Å². The van der Waals surface area contributed by atoms with E-state index in [2.05, 4.69) is 10.3 Å². The van der Waals surface area contributed by atoms with E-state index in [4.69, 9.17) is 11.6 Å². The monoisotopic (exact) mass is 264 g/mol. The maximum absolute atomic E-state index is 13.5. The van der Waals surface area contributed by atoms with E-state index in [0.29, 0.717) is 16.3 Å². The molecular formula is C13H10ClFN2O. The van der Waals surface area contributed by atoms with Gasteiger partial charge in [0.2, 0.25) is 5.91 Å². The second kappa shape index (κ2) is 5.60. The van der Waals surface area contributed by atoms with Gasteiger partial charge < -0.3 is 5.32 Å². The standard InChI is InChI=1S/C13H10ClFN2O/c14-10-4-3-9(12(15)7-10)6-13(18)17-11-2-1-5-16-8-11/h1-5,7-8H,6H2,(H,17,18). The van der Waals surface area contributed by atoms with Gasteiger partial charge in [-0.05, 0) is 29.8 Å². The molecule has 2 aromatic rings. The number of nitrogens with zero attached hydrogens (tertiary/aromatic N) is 1. The fourth-order valence-electron chi connectivity index (χ4n) is 1.48. The van der Waals surface area contributed by atoms with Crippen molar-refractivity contribution in [2.24, 2.45) is 0 Å². The summed E-state index contributed by atoms with van der Waals surface area (Å²) in [6.45, 7) is 0. The number of halogens is 2. The summed E-state index contributed by atoms with van der Waals surface area (Å²) in [6, 6.07) is 7.66. The third-order valence-corrected chi connectivity index (χ3v) is 2.55. The molecular weight excluding hydrogens is 255 g/mol. The average molecular weight is 265 g/mol. The molecule has 2 rings (SSSR count). The lowest BCUT2D eigenvalue weighted by atomic mass is 10.1. The summed E-state index contributed by atoms with van der Waals surface area (Å²) in [7, 11) is 0. The number of hydrogen-bond donors (Lipinski definition) is 1. The molecule has 0 unspecified atom stereocenters. The van der Waals surface area contributed by atoms with E-state index in [-0.39, 0.29) is 12.3 Å². The third kappa shape index (κ3) is 3.28. The summed E-state index contributed by atoms with van der Waals surface area (Å²) in [6.07, 6.45) is 3.09. The van der Waals surface area contributed by atoms with Crippen LogP contribution >= 0.6 is 11.6 Å². The number of rotatable bonds is 3. The molecule has 0 aliphatic carbocycles. The zero-order chi connectivity index (χ0) is 13.0. The summed E-state index contributed by atoms with van der Waals surface area (Å²) in [5.41, 5.74) is 0.887. The van der Waals surface area contributed by atoms with Gasteiger partial charge >= 0.3 is 0 Å². The Hall–Kier alpha value is -1.94. The van der Waals surface area contributed by atoms with E-state index in [1.807, 2.05) is 0 Å². The highest BCUT2D eigenvalue weighted by molar-refractivity contribution is 6.30. The first kappa shape index (κ1) is 12.5. The van der Waals surface area contributed by atoms with Gasteiger partial charge in [-0.25, -0.2) is 4.39 Å². The first-order valence-electron chi connectivity index (χ1n) is 5.29. The molecule has 0 radical (unpaired) electrons. The van der Waals surface area contributed by atoms with E-state index in [9.17, 15) is 9.18 Å². The van der Waals surface area contributed by atoms with Gasteiger partial charge in [0.1, 0.15) is 5.82 Å². The summed E-state index contributed by atoms with van der Waals surface area (Å²) >= 11 is 5.63. The van der Waals surface area contributed by atoms with Crippen LogP contribution in [-0.4, -0.2) is 10.9 Å². The Balaban J connectivity index is 2.03. The van der Waals surface area contributed by atoms with Gasteiger partial charge in [0.15, 0.2) is 0 Å². The zero-order valence-electron chi connectivity index (χ0n) is 9.36. The summed E-state index contributed by atoms with van der Waals surface area (Å²) < 4.78 is 13.5. The second-order valence-corrected chi connectivity index (χ2v) is 4.14. The number of pyridine rings is 1. The van der Waals surface area contributed by atoms with Crippen molar-refractivity contribution in [3.8, 4) is 0 Å². The van der Waals surface area contributed by atoms with E-state index < -0.39 is 5.82 Å². The van der Waals surface area contributed by atoms with Crippen LogP contribution in [-0.2, 0) is 11.2 Å². The first-order valence-corrected chi connectivity index (χ1v) is 5.67. The molecule has 0 bridgehead atoms. The Morgan fingerprint density at radius 1 is 1.39 bits per heavy atom. The summed E-state index contributed by atoms with van der Waals surface area (Å²) in [4.78, 5) is 15.5. The van der Waals surface area contributed by atoms with Crippen LogP contribution in [0.3, 0.4) is 0 Å². The maximum Gasteiger partial charge on any atom is 0.228 e. The van der Waals surface area contributed by atoms with Crippen LogP contribution in [0.5, 0.6) is 0 Å². The van der Waals surface area contributed by atoms with Crippen molar-refractivity contribution in [3.63, 3.8) is 0 Å². The fourth-order valence-corrected chi connectivity index (χ4v) is 1.64. The summed E-state index contributed by atoms with van der Waals surface area (Å²) in [5, 5.41) is 2.94. The first-order chi connectivity index (χ1) is 8.65. The van der Waals surface area contributed by atoms with Crippen LogP contribution in [0.25, 0.3) is 0 Å². The normalized spacial score (nSPS) is 10.1. The highest BCUT2D eigenvalue weighted by Gasteiger charge is 2.08. The predicted octanol–water partition coefficient (Wildman–Crippen LogP) is 3.06. The van der Waals surface area contributed by atoms with Crippen molar-refractivity contribution >= 4 is 23.2 Å². The van der Waals surface area contributed by atoms with E-state index in [1.54, 1.807) is 24.4 Å². The number of carbonyl (C=O) groups is 1. The highest BCUT2D eigenvalue weighted by atomic mass is 35.5. The molecule has 92 valence electrons. The van der Waals surface area contributed by atoms with Crippen LogP contribution in [0.15, 0.2) is 42.7 Å². The van der Waals surface area contributed by atoms with Crippen molar-refractivity contribution in [1.29, 1.82) is 0 Å². The smallest absolute Gasteiger partial charge is 0.228 e. The minimum absolute atomic E-state index is 0.0438. The van der Waals surface area contributed by atoms with Crippen LogP contribution in [0, 0.1) is 5.82 Å². The Labute approximate surface area is 109 Å². The van der Waals surface area contributed by atoms with Crippen LogP contribution in [0.2, 0.25) is 5.02 Å². The molecule has 0 fully saturated rings. The number of carbonyl (C=O) groups excluding carboxylic acids is 1. The summed E-state index contributed by atoms with van der Waals surface area (Å²) in [5.74, 6) is -0.784. The number of aromatic nitrogens is 1. The molecule has 1 aromatic heterocycles. The second-order valence-electron chi connectivity index (χ2n) is 3.70. The van der Waals surface area contributed by atoms with Crippen molar-refractivity contribution < 1.29 is 9.18 Å². The molecule has 1 N–H and O–H groups in total. The number of amides is 1. The molecule has 0 aliphatic heterocycles. The lowest BCUT2D eigenvalue weighted by Crippen LogP contribution is -2.15. The topological polar surface area (TPSA) is 42.0 Å². The number of nitrogens with one attached hydrogen (secondary N) is 1. The molecule has 0 spiro atoms.